The molecule has 0 amide bonds. The van der Waals surface area contributed by atoms with Crippen molar-refractivity contribution >= 4 is 5.96 Å². The van der Waals surface area contributed by atoms with E-state index in [0.717, 1.165) is 24.0 Å². The van der Waals surface area contributed by atoms with Crippen LogP contribution in [0, 0.1) is 0 Å². The first-order valence-electron chi connectivity index (χ1n) is 8.58. The van der Waals surface area contributed by atoms with Crippen molar-refractivity contribution < 1.29 is 9.47 Å². The first-order valence-corrected chi connectivity index (χ1v) is 8.58. The van der Waals surface area contributed by atoms with Crippen molar-refractivity contribution in [2.75, 3.05) is 40.8 Å². The van der Waals surface area contributed by atoms with E-state index in [-0.39, 0.29) is 6.10 Å². The molecule has 2 atom stereocenters. The van der Waals surface area contributed by atoms with Crippen LogP contribution in [-0.4, -0.2) is 63.8 Å². The van der Waals surface area contributed by atoms with Crippen LogP contribution >= 0.6 is 0 Å². The Bertz CT molecular complexity index is 536. The lowest BCUT2D eigenvalue weighted by atomic mass is 10.2. The van der Waals surface area contributed by atoms with Crippen LogP contribution in [0.1, 0.15) is 19.8 Å². The Morgan fingerprint density at radius 1 is 1.38 bits per heavy atom. The van der Waals surface area contributed by atoms with E-state index >= 15 is 0 Å². The third-order valence-electron chi connectivity index (χ3n) is 4.34. The minimum absolute atomic E-state index is 0.0183. The second-order valence-electron chi connectivity index (χ2n) is 6.22. The van der Waals surface area contributed by atoms with Crippen molar-refractivity contribution in [3.63, 3.8) is 0 Å². The van der Waals surface area contributed by atoms with E-state index < -0.39 is 0 Å². The molecule has 1 heterocycles. The van der Waals surface area contributed by atoms with Crippen LogP contribution in [-0.2, 0) is 0 Å². The number of benzene rings is 1. The zero-order valence-corrected chi connectivity index (χ0v) is 15.2. The summed E-state index contributed by atoms with van der Waals surface area (Å²) < 4.78 is 11.1. The van der Waals surface area contributed by atoms with Gasteiger partial charge in [-0.3, -0.25) is 4.99 Å². The van der Waals surface area contributed by atoms with E-state index in [9.17, 15) is 0 Å². The van der Waals surface area contributed by atoms with E-state index in [2.05, 4.69) is 27.6 Å². The molecule has 1 saturated heterocycles. The highest BCUT2D eigenvalue weighted by atomic mass is 16.5. The quantitative estimate of drug-likeness (QED) is 0.587. The van der Waals surface area contributed by atoms with Gasteiger partial charge in [0.15, 0.2) is 5.96 Å². The summed E-state index contributed by atoms with van der Waals surface area (Å²) in [5.41, 5.74) is 0. The van der Waals surface area contributed by atoms with Gasteiger partial charge in [-0.1, -0.05) is 6.07 Å². The molecular weight excluding hydrogens is 304 g/mol. The number of ether oxygens (including phenoxy) is 2. The lowest BCUT2D eigenvalue weighted by molar-refractivity contribution is 0.222. The molecule has 0 bridgehead atoms. The van der Waals surface area contributed by atoms with Gasteiger partial charge in [-0.2, -0.15) is 0 Å². The van der Waals surface area contributed by atoms with Gasteiger partial charge in [0.25, 0.3) is 0 Å². The Labute approximate surface area is 145 Å². The van der Waals surface area contributed by atoms with E-state index in [1.807, 2.05) is 31.2 Å². The summed E-state index contributed by atoms with van der Waals surface area (Å²) in [7, 11) is 5.63. The van der Waals surface area contributed by atoms with E-state index in [0.29, 0.717) is 12.6 Å². The number of methoxy groups -OCH3 is 1. The summed E-state index contributed by atoms with van der Waals surface area (Å²) in [6.07, 6.45) is 2.54. The summed E-state index contributed by atoms with van der Waals surface area (Å²) in [5.74, 6) is 2.42. The molecule has 6 nitrogen and oxygen atoms in total. The molecule has 0 aromatic heterocycles. The number of aliphatic imine (C=N–C) groups is 1. The number of nitrogens with one attached hydrogen (secondary N) is 2. The molecule has 134 valence electrons. The minimum atomic E-state index is 0.0183. The topological polar surface area (TPSA) is 58.1 Å². The number of nitrogens with zero attached hydrogens (tertiary/aromatic N) is 2. The smallest absolute Gasteiger partial charge is 0.191 e. The standard InChI is InChI=1S/C18H30N4O2/c1-14(24-17-9-5-8-16(11-17)23-4)12-20-18(19-2)21-13-15-7-6-10-22(15)3/h5,8-9,11,14-15H,6-7,10,12-13H2,1-4H3,(H2,19,20,21). The number of guanidine groups is 1. The fraction of sp³-hybridized carbons (Fsp3) is 0.611. The summed E-state index contributed by atoms with van der Waals surface area (Å²) >= 11 is 0. The maximum Gasteiger partial charge on any atom is 0.191 e. The van der Waals surface area contributed by atoms with Gasteiger partial charge in [-0.15, -0.1) is 0 Å². The molecule has 1 aromatic carbocycles. The minimum Gasteiger partial charge on any atom is -0.497 e. The average Bonchev–Trinajstić information content (AvgIpc) is 3.00. The van der Waals surface area contributed by atoms with Crippen LogP contribution in [0.5, 0.6) is 11.5 Å². The maximum absolute atomic E-state index is 5.91. The SMILES string of the molecule is CN=C(NCC(C)Oc1cccc(OC)c1)NCC1CCCN1C. The fourth-order valence-corrected chi connectivity index (χ4v) is 2.86. The largest absolute Gasteiger partial charge is 0.497 e. The zero-order valence-electron chi connectivity index (χ0n) is 15.2. The lowest BCUT2D eigenvalue weighted by Crippen LogP contribution is -2.46. The first kappa shape index (κ1) is 18.4. The van der Waals surface area contributed by atoms with Gasteiger partial charge in [-0.25, -0.2) is 0 Å². The average molecular weight is 334 g/mol. The molecule has 1 aliphatic heterocycles. The summed E-state index contributed by atoms with van der Waals surface area (Å²) in [6.45, 7) is 4.81. The summed E-state index contributed by atoms with van der Waals surface area (Å²) in [4.78, 5) is 6.68. The van der Waals surface area contributed by atoms with Crippen molar-refractivity contribution in [1.82, 2.24) is 15.5 Å². The van der Waals surface area contributed by atoms with Gasteiger partial charge in [-0.05, 0) is 45.5 Å². The van der Waals surface area contributed by atoms with Crippen LogP contribution in [0.4, 0.5) is 0 Å². The van der Waals surface area contributed by atoms with Gasteiger partial charge in [0.2, 0.25) is 0 Å². The van der Waals surface area contributed by atoms with E-state index in [1.165, 1.54) is 19.4 Å². The molecule has 1 fully saturated rings. The molecule has 6 heteroatoms. The molecule has 1 aromatic rings. The van der Waals surface area contributed by atoms with Crippen LogP contribution in [0.25, 0.3) is 0 Å². The van der Waals surface area contributed by atoms with Crippen LogP contribution in [0.15, 0.2) is 29.3 Å². The van der Waals surface area contributed by atoms with Crippen molar-refractivity contribution in [3.05, 3.63) is 24.3 Å². The predicted molar refractivity (Wildman–Crippen MR) is 98.1 cm³/mol. The highest BCUT2D eigenvalue weighted by Crippen LogP contribution is 2.19. The third-order valence-corrected chi connectivity index (χ3v) is 4.34. The molecule has 2 rings (SSSR count). The van der Waals surface area contributed by atoms with Crippen molar-refractivity contribution in [2.45, 2.75) is 31.9 Å². The van der Waals surface area contributed by atoms with E-state index in [1.54, 1.807) is 14.2 Å². The van der Waals surface area contributed by atoms with Gasteiger partial charge >= 0.3 is 0 Å². The van der Waals surface area contributed by atoms with E-state index in [4.69, 9.17) is 9.47 Å². The molecule has 2 unspecified atom stereocenters. The molecule has 0 spiro atoms. The normalized spacial score (nSPS) is 19.8. The Morgan fingerprint density at radius 3 is 2.83 bits per heavy atom. The highest BCUT2D eigenvalue weighted by molar-refractivity contribution is 5.79. The van der Waals surface area contributed by atoms with Crippen LogP contribution < -0.4 is 20.1 Å². The van der Waals surface area contributed by atoms with Crippen LogP contribution in [0.2, 0.25) is 0 Å². The second kappa shape index (κ2) is 9.37. The predicted octanol–water partition coefficient (Wildman–Crippen LogP) is 1.72. The molecule has 0 radical (unpaired) electrons. The number of hydrogen-bond acceptors (Lipinski definition) is 4. The maximum atomic E-state index is 5.91. The van der Waals surface area contributed by atoms with Crippen molar-refractivity contribution in [1.29, 1.82) is 0 Å². The summed E-state index contributed by atoms with van der Waals surface area (Å²) in [6, 6.07) is 8.24. The number of likely N-dealkylation sites (tertiary alicyclic amines) is 1. The Morgan fingerprint density at radius 2 is 2.17 bits per heavy atom. The Balaban J connectivity index is 1.73. The molecular formula is C18H30N4O2. The molecule has 24 heavy (non-hydrogen) atoms. The monoisotopic (exact) mass is 334 g/mol. The second-order valence-corrected chi connectivity index (χ2v) is 6.22. The fourth-order valence-electron chi connectivity index (χ4n) is 2.86. The van der Waals surface area contributed by atoms with Gasteiger partial charge < -0.3 is 25.0 Å². The first-order chi connectivity index (χ1) is 11.6. The Kier molecular flexibility index (Phi) is 7.18. The third kappa shape index (κ3) is 5.60. The van der Waals surface area contributed by atoms with Gasteiger partial charge in [0.1, 0.15) is 17.6 Å². The molecule has 1 aliphatic rings. The zero-order chi connectivity index (χ0) is 17.4. The van der Waals surface area contributed by atoms with Gasteiger partial charge in [0, 0.05) is 25.7 Å². The van der Waals surface area contributed by atoms with Crippen LogP contribution in [0.3, 0.4) is 0 Å². The molecule has 0 aliphatic carbocycles. The highest BCUT2D eigenvalue weighted by Gasteiger charge is 2.20. The number of rotatable bonds is 7. The number of hydrogen-bond donors (Lipinski definition) is 2. The van der Waals surface area contributed by atoms with Gasteiger partial charge in [0.05, 0.1) is 13.7 Å². The Hall–Kier alpha value is -1.95. The number of likely N-dealkylation sites (N-methyl/N-ethyl adjacent to an activating group) is 1. The van der Waals surface area contributed by atoms with Crippen molar-refractivity contribution in [2.24, 2.45) is 4.99 Å². The summed E-state index contributed by atoms with van der Waals surface area (Å²) in [5, 5.41) is 6.72. The molecule has 0 saturated carbocycles. The molecule has 2 N–H and O–H groups in total. The van der Waals surface area contributed by atoms with Crippen molar-refractivity contribution in [3.8, 4) is 11.5 Å². The lowest BCUT2D eigenvalue weighted by Gasteiger charge is -2.22.